The molecule has 2 rings (SSSR count). The van der Waals surface area contributed by atoms with Gasteiger partial charge in [0.25, 0.3) is 0 Å². The molecule has 2 saturated carbocycles. The maximum atomic E-state index is 5.62. The average Bonchev–Trinajstić information content (AvgIpc) is 3.50. The zero-order valence-corrected chi connectivity index (χ0v) is 15.7. The number of rotatable bonds is 13. The Balaban J connectivity index is 1.64. The van der Waals surface area contributed by atoms with Crippen molar-refractivity contribution in [2.45, 2.75) is 77.6 Å². The fourth-order valence-electron chi connectivity index (χ4n) is 3.31. The highest BCUT2D eigenvalue weighted by Gasteiger charge is 2.39. The van der Waals surface area contributed by atoms with E-state index in [1.807, 2.05) is 0 Å². The van der Waals surface area contributed by atoms with Gasteiger partial charge in [-0.1, -0.05) is 68.4 Å². The first-order chi connectivity index (χ1) is 11.7. The molecule has 0 saturated heterocycles. The molecule has 1 nitrogen and oxygen atoms in total. The van der Waals surface area contributed by atoms with E-state index in [2.05, 4.69) is 55.5 Å². The standard InChI is InChI=1S/C23H37N/c1-2-3-4-5-6-9-13-22(17-18-22)14-10-7-8-11-15-23(19-20-23)16-12-21-24/h6-11,14-15H,2-5,12-13,16-21,24H2,1H3/b8-7+,9-6-,14-10+,15-11-. The van der Waals surface area contributed by atoms with Crippen molar-refractivity contribution in [3.63, 3.8) is 0 Å². The van der Waals surface area contributed by atoms with Crippen LogP contribution in [0.25, 0.3) is 0 Å². The first kappa shape index (κ1) is 19.2. The summed E-state index contributed by atoms with van der Waals surface area (Å²) in [5.74, 6) is 0. The number of hydrogen-bond donors (Lipinski definition) is 1. The number of hydrogen-bond acceptors (Lipinski definition) is 1. The maximum absolute atomic E-state index is 5.62. The highest BCUT2D eigenvalue weighted by atomic mass is 14.5. The van der Waals surface area contributed by atoms with Crippen LogP contribution in [-0.4, -0.2) is 6.54 Å². The molecule has 0 aromatic rings. The lowest BCUT2D eigenvalue weighted by Gasteiger charge is -2.07. The van der Waals surface area contributed by atoms with Crippen LogP contribution in [0.2, 0.25) is 0 Å². The second kappa shape index (κ2) is 10.0. The summed E-state index contributed by atoms with van der Waals surface area (Å²) in [4.78, 5) is 0. The Bertz CT molecular complexity index is 458. The Hall–Kier alpha value is -1.08. The summed E-state index contributed by atoms with van der Waals surface area (Å²) >= 11 is 0. The molecule has 0 aromatic heterocycles. The van der Waals surface area contributed by atoms with Crippen molar-refractivity contribution >= 4 is 0 Å². The lowest BCUT2D eigenvalue weighted by molar-refractivity contribution is 0.556. The zero-order chi connectivity index (χ0) is 17.1. The van der Waals surface area contributed by atoms with E-state index in [1.165, 1.54) is 64.2 Å². The SMILES string of the molecule is CCCCC/C=C\CC1(/C=C/C=C/C=C\C2(CCCN)CC2)CC1. The first-order valence-electron chi connectivity index (χ1n) is 10.1. The van der Waals surface area contributed by atoms with E-state index >= 15 is 0 Å². The van der Waals surface area contributed by atoms with Gasteiger partial charge in [-0.3, -0.25) is 0 Å². The molecule has 2 aliphatic carbocycles. The number of allylic oxidation sites excluding steroid dienone is 8. The molecular formula is C23H37N. The lowest BCUT2D eigenvalue weighted by atomic mass is 9.99. The first-order valence-corrected chi connectivity index (χ1v) is 10.1. The van der Waals surface area contributed by atoms with Crippen LogP contribution in [0.5, 0.6) is 0 Å². The molecule has 0 aliphatic heterocycles. The second-order valence-corrected chi connectivity index (χ2v) is 7.89. The normalized spacial score (nSPS) is 21.6. The minimum absolute atomic E-state index is 0.480. The van der Waals surface area contributed by atoms with E-state index in [4.69, 9.17) is 5.73 Å². The van der Waals surface area contributed by atoms with Crippen LogP contribution in [0.3, 0.4) is 0 Å². The summed E-state index contributed by atoms with van der Waals surface area (Å²) in [7, 11) is 0. The van der Waals surface area contributed by atoms with Crippen LogP contribution in [0.4, 0.5) is 0 Å². The molecule has 0 aromatic carbocycles. The van der Waals surface area contributed by atoms with Crippen LogP contribution in [0, 0.1) is 10.8 Å². The molecule has 134 valence electrons. The summed E-state index contributed by atoms with van der Waals surface area (Å²) in [6, 6.07) is 0. The van der Waals surface area contributed by atoms with Crippen LogP contribution in [0.1, 0.15) is 77.6 Å². The van der Waals surface area contributed by atoms with Gasteiger partial charge in [-0.2, -0.15) is 0 Å². The van der Waals surface area contributed by atoms with Crippen LogP contribution >= 0.6 is 0 Å². The van der Waals surface area contributed by atoms with Gasteiger partial charge >= 0.3 is 0 Å². The third-order valence-electron chi connectivity index (χ3n) is 5.56. The van der Waals surface area contributed by atoms with Crippen LogP contribution in [-0.2, 0) is 0 Å². The Kier molecular flexibility index (Phi) is 8.05. The van der Waals surface area contributed by atoms with E-state index < -0.39 is 0 Å². The number of unbranched alkanes of at least 4 members (excludes halogenated alkanes) is 3. The van der Waals surface area contributed by atoms with E-state index in [0.717, 1.165) is 13.0 Å². The molecule has 0 atom stereocenters. The number of nitrogens with two attached hydrogens (primary N) is 1. The highest BCUT2D eigenvalue weighted by Crippen LogP contribution is 2.51. The quantitative estimate of drug-likeness (QED) is 0.234. The molecule has 24 heavy (non-hydrogen) atoms. The van der Waals surface area contributed by atoms with Crippen molar-refractivity contribution in [1.29, 1.82) is 0 Å². The smallest absolute Gasteiger partial charge is 0.00770 e. The monoisotopic (exact) mass is 327 g/mol. The maximum Gasteiger partial charge on any atom is -0.00770 e. The van der Waals surface area contributed by atoms with Gasteiger partial charge in [0.05, 0.1) is 0 Å². The van der Waals surface area contributed by atoms with Crippen molar-refractivity contribution in [3.8, 4) is 0 Å². The second-order valence-electron chi connectivity index (χ2n) is 7.89. The molecule has 0 heterocycles. The summed E-state index contributed by atoms with van der Waals surface area (Å²) in [5.41, 5.74) is 6.59. The predicted octanol–water partition coefficient (Wildman–Crippen LogP) is 6.48. The third-order valence-corrected chi connectivity index (χ3v) is 5.56. The third kappa shape index (κ3) is 7.21. The Morgan fingerprint density at radius 3 is 2.04 bits per heavy atom. The van der Waals surface area contributed by atoms with Crippen LogP contribution < -0.4 is 5.73 Å². The van der Waals surface area contributed by atoms with Crippen molar-refractivity contribution < 1.29 is 0 Å². The van der Waals surface area contributed by atoms with Crippen molar-refractivity contribution in [2.24, 2.45) is 16.6 Å². The molecular weight excluding hydrogens is 290 g/mol. The molecule has 2 aliphatic rings. The zero-order valence-electron chi connectivity index (χ0n) is 15.7. The highest BCUT2D eigenvalue weighted by molar-refractivity contribution is 5.21. The van der Waals surface area contributed by atoms with E-state index in [-0.39, 0.29) is 0 Å². The predicted molar refractivity (Wildman–Crippen MR) is 107 cm³/mol. The molecule has 1 heteroatoms. The Labute approximate surface area is 149 Å². The minimum atomic E-state index is 0.480. The largest absolute Gasteiger partial charge is 0.330 e. The van der Waals surface area contributed by atoms with Gasteiger partial charge in [0.15, 0.2) is 0 Å². The summed E-state index contributed by atoms with van der Waals surface area (Å²) in [5, 5.41) is 0. The Morgan fingerprint density at radius 1 is 0.792 bits per heavy atom. The fourth-order valence-corrected chi connectivity index (χ4v) is 3.31. The summed E-state index contributed by atoms with van der Waals surface area (Å²) in [6.45, 7) is 3.09. The Morgan fingerprint density at radius 2 is 1.46 bits per heavy atom. The summed E-state index contributed by atoms with van der Waals surface area (Å²) in [6.07, 6.45) is 32.8. The van der Waals surface area contributed by atoms with E-state index in [1.54, 1.807) is 0 Å². The van der Waals surface area contributed by atoms with Crippen LogP contribution in [0.15, 0.2) is 48.6 Å². The van der Waals surface area contributed by atoms with Crippen molar-refractivity contribution in [1.82, 2.24) is 0 Å². The van der Waals surface area contributed by atoms with Gasteiger partial charge in [0.1, 0.15) is 0 Å². The lowest BCUT2D eigenvalue weighted by Crippen LogP contribution is -2.03. The van der Waals surface area contributed by atoms with Gasteiger partial charge < -0.3 is 5.73 Å². The van der Waals surface area contributed by atoms with Gasteiger partial charge in [0.2, 0.25) is 0 Å². The summed E-state index contributed by atoms with van der Waals surface area (Å²) < 4.78 is 0. The molecule has 0 amide bonds. The average molecular weight is 328 g/mol. The van der Waals surface area contributed by atoms with E-state index in [9.17, 15) is 0 Å². The fraction of sp³-hybridized carbons (Fsp3) is 0.652. The molecule has 0 spiro atoms. The molecule has 0 unspecified atom stereocenters. The van der Waals surface area contributed by atoms with E-state index in [0.29, 0.717) is 10.8 Å². The molecule has 0 bridgehead atoms. The molecule has 2 fully saturated rings. The molecule has 2 N–H and O–H groups in total. The van der Waals surface area contributed by atoms with Gasteiger partial charge in [-0.25, -0.2) is 0 Å². The van der Waals surface area contributed by atoms with Gasteiger partial charge in [-0.15, -0.1) is 0 Å². The van der Waals surface area contributed by atoms with Crippen molar-refractivity contribution in [3.05, 3.63) is 48.6 Å². The topological polar surface area (TPSA) is 26.0 Å². The molecule has 0 radical (unpaired) electrons. The van der Waals surface area contributed by atoms with Crippen molar-refractivity contribution in [2.75, 3.05) is 6.54 Å². The minimum Gasteiger partial charge on any atom is -0.330 e. The van der Waals surface area contributed by atoms with Gasteiger partial charge in [-0.05, 0) is 75.2 Å². The van der Waals surface area contributed by atoms with Gasteiger partial charge in [0, 0.05) is 0 Å².